The molecule has 2 aromatic heterocycles. The van der Waals surface area contributed by atoms with Crippen LogP contribution in [0.2, 0.25) is 0 Å². The van der Waals surface area contributed by atoms with Gasteiger partial charge in [-0.1, -0.05) is 18.7 Å². The number of thioether (sulfide) groups is 1. The number of fused-ring (bicyclic) bond motifs is 1. The van der Waals surface area contributed by atoms with Gasteiger partial charge in [0.15, 0.2) is 5.16 Å². The first-order chi connectivity index (χ1) is 14.1. The minimum atomic E-state index is -0.362. The predicted molar refractivity (Wildman–Crippen MR) is 114 cm³/mol. The van der Waals surface area contributed by atoms with Crippen molar-refractivity contribution in [2.45, 2.75) is 51.1 Å². The molecule has 0 saturated carbocycles. The Bertz CT molecular complexity index is 869. The molecule has 0 atom stereocenters. The van der Waals surface area contributed by atoms with Crippen molar-refractivity contribution in [3.63, 3.8) is 0 Å². The lowest BCUT2D eigenvalue weighted by atomic mass is 9.95. The van der Waals surface area contributed by atoms with Gasteiger partial charge in [0.1, 0.15) is 5.00 Å². The summed E-state index contributed by atoms with van der Waals surface area (Å²) in [6.07, 6.45) is 6.45. The molecule has 0 aromatic carbocycles. The number of esters is 1. The standard InChI is InChI=1S/C20H25N3O4S2/c1-3-11-27-16-9-10-21-20(23-16)28-12-15(24)22-18-17(19(25)26-4-2)13-7-5-6-8-14(13)29-18/h9-10H,3-8,11-12H2,1-2H3,(H,22,24). The monoisotopic (exact) mass is 435 g/mol. The van der Waals surface area contributed by atoms with Crippen LogP contribution < -0.4 is 10.1 Å². The molecule has 0 aliphatic heterocycles. The zero-order chi connectivity index (χ0) is 20.6. The van der Waals surface area contributed by atoms with Crippen molar-refractivity contribution in [3.05, 3.63) is 28.3 Å². The summed E-state index contributed by atoms with van der Waals surface area (Å²) in [5, 5.41) is 3.96. The van der Waals surface area contributed by atoms with Crippen molar-refractivity contribution in [1.82, 2.24) is 9.97 Å². The summed E-state index contributed by atoms with van der Waals surface area (Å²) >= 11 is 2.71. The van der Waals surface area contributed by atoms with Gasteiger partial charge in [0.05, 0.1) is 24.5 Å². The van der Waals surface area contributed by atoms with Gasteiger partial charge in [0.2, 0.25) is 11.8 Å². The molecule has 0 radical (unpaired) electrons. The van der Waals surface area contributed by atoms with Crippen LogP contribution in [0.1, 0.15) is 53.9 Å². The number of nitrogens with one attached hydrogen (secondary N) is 1. The number of thiophene rings is 1. The van der Waals surface area contributed by atoms with Crippen LogP contribution in [0.25, 0.3) is 0 Å². The number of nitrogens with zero attached hydrogens (tertiary/aromatic N) is 2. The zero-order valence-corrected chi connectivity index (χ0v) is 18.3. The Kier molecular flexibility index (Phi) is 7.88. The number of aryl methyl sites for hydroxylation is 1. The molecular formula is C20H25N3O4S2. The Morgan fingerprint density at radius 2 is 2.10 bits per heavy atom. The van der Waals surface area contributed by atoms with E-state index in [1.54, 1.807) is 19.2 Å². The number of ether oxygens (including phenoxy) is 2. The van der Waals surface area contributed by atoms with E-state index in [-0.39, 0.29) is 17.6 Å². The van der Waals surface area contributed by atoms with Gasteiger partial charge in [-0.25, -0.2) is 9.78 Å². The Morgan fingerprint density at radius 1 is 1.28 bits per heavy atom. The third-order valence-electron chi connectivity index (χ3n) is 4.30. The SMILES string of the molecule is CCCOc1ccnc(SCC(=O)Nc2sc3c(c2C(=O)OCC)CCCC3)n1. The molecule has 1 aliphatic carbocycles. The summed E-state index contributed by atoms with van der Waals surface area (Å²) in [5.74, 6) is 0.0732. The highest BCUT2D eigenvalue weighted by Gasteiger charge is 2.27. The average molecular weight is 436 g/mol. The maximum Gasteiger partial charge on any atom is 0.341 e. The van der Waals surface area contributed by atoms with Gasteiger partial charge in [0.25, 0.3) is 0 Å². The van der Waals surface area contributed by atoms with Crippen molar-refractivity contribution < 1.29 is 19.1 Å². The molecule has 7 nitrogen and oxygen atoms in total. The number of carbonyl (C=O) groups excluding carboxylic acids is 2. The summed E-state index contributed by atoms with van der Waals surface area (Å²) in [6.45, 7) is 4.69. The van der Waals surface area contributed by atoms with Crippen LogP contribution in [0.3, 0.4) is 0 Å². The van der Waals surface area contributed by atoms with Crippen LogP contribution in [0.4, 0.5) is 5.00 Å². The van der Waals surface area contributed by atoms with E-state index in [1.165, 1.54) is 28.0 Å². The molecule has 1 aliphatic rings. The number of hydrogen-bond acceptors (Lipinski definition) is 8. The van der Waals surface area contributed by atoms with Gasteiger partial charge in [-0.3, -0.25) is 4.79 Å². The van der Waals surface area contributed by atoms with Crippen LogP contribution in [0.5, 0.6) is 5.88 Å². The predicted octanol–water partition coefficient (Wildman–Crippen LogP) is 4.11. The van der Waals surface area contributed by atoms with Crippen molar-refractivity contribution in [3.8, 4) is 5.88 Å². The van der Waals surface area contributed by atoms with Crippen molar-refractivity contribution in [2.75, 3.05) is 24.3 Å². The number of hydrogen-bond donors (Lipinski definition) is 1. The summed E-state index contributed by atoms with van der Waals surface area (Å²) in [5.41, 5.74) is 1.56. The number of amides is 1. The minimum Gasteiger partial charge on any atom is -0.478 e. The molecule has 2 heterocycles. The van der Waals surface area contributed by atoms with Crippen LogP contribution in [0.15, 0.2) is 17.4 Å². The summed E-state index contributed by atoms with van der Waals surface area (Å²) in [4.78, 5) is 34.6. The summed E-state index contributed by atoms with van der Waals surface area (Å²) < 4.78 is 10.7. The number of aromatic nitrogens is 2. The first kappa shape index (κ1) is 21.6. The number of carbonyl (C=O) groups is 2. The molecule has 1 amide bonds. The van der Waals surface area contributed by atoms with Crippen LogP contribution in [-0.2, 0) is 22.4 Å². The molecule has 0 unspecified atom stereocenters. The molecule has 2 aromatic rings. The first-order valence-electron chi connectivity index (χ1n) is 9.82. The third kappa shape index (κ3) is 5.70. The Morgan fingerprint density at radius 3 is 2.90 bits per heavy atom. The number of rotatable bonds is 9. The molecule has 0 fully saturated rings. The van der Waals surface area contributed by atoms with Crippen LogP contribution in [0, 0.1) is 0 Å². The fourth-order valence-electron chi connectivity index (χ4n) is 3.05. The summed E-state index contributed by atoms with van der Waals surface area (Å²) in [6, 6.07) is 1.70. The second kappa shape index (κ2) is 10.6. The van der Waals surface area contributed by atoms with Gasteiger partial charge in [0, 0.05) is 17.1 Å². The fraction of sp³-hybridized carbons (Fsp3) is 0.500. The Hall–Kier alpha value is -2.13. The van der Waals surface area contributed by atoms with E-state index in [1.807, 2.05) is 6.92 Å². The largest absolute Gasteiger partial charge is 0.478 e. The third-order valence-corrected chi connectivity index (χ3v) is 6.37. The molecule has 0 spiro atoms. The maximum atomic E-state index is 12.5. The molecular weight excluding hydrogens is 410 g/mol. The van der Waals surface area contributed by atoms with E-state index < -0.39 is 0 Å². The van der Waals surface area contributed by atoms with Gasteiger partial charge in [-0.05, 0) is 44.6 Å². The summed E-state index contributed by atoms with van der Waals surface area (Å²) in [7, 11) is 0. The van der Waals surface area contributed by atoms with E-state index in [4.69, 9.17) is 9.47 Å². The highest BCUT2D eigenvalue weighted by Crippen LogP contribution is 2.38. The van der Waals surface area contributed by atoms with Crippen molar-refractivity contribution >= 4 is 40.0 Å². The Balaban J connectivity index is 1.66. The van der Waals surface area contributed by atoms with E-state index in [0.29, 0.717) is 34.8 Å². The quantitative estimate of drug-likeness (QED) is 0.360. The highest BCUT2D eigenvalue weighted by molar-refractivity contribution is 7.99. The number of anilines is 1. The Labute approximate surface area is 178 Å². The second-order valence-corrected chi connectivity index (χ2v) is 8.55. The van der Waals surface area contributed by atoms with Gasteiger partial charge >= 0.3 is 5.97 Å². The molecule has 0 bridgehead atoms. The van der Waals surface area contributed by atoms with E-state index >= 15 is 0 Å². The highest BCUT2D eigenvalue weighted by atomic mass is 32.2. The van der Waals surface area contributed by atoms with E-state index in [9.17, 15) is 9.59 Å². The van der Waals surface area contributed by atoms with Crippen LogP contribution in [-0.4, -0.2) is 40.8 Å². The lowest BCUT2D eigenvalue weighted by molar-refractivity contribution is -0.113. The van der Waals surface area contributed by atoms with E-state index in [0.717, 1.165) is 37.7 Å². The molecule has 9 heteroatoms. The zero-order valence-electron chi connectivity index (χ0n) is 16.7. The van der Waals surface area contributed by atoms with Gasteiger partial charge in [-0.15, -0.1) is 11.3 Å². The lowest BCUT2D eigenvalue weighted by Gasteiger charge is -2.12. The van der Waals surface area contributed by atoms with Gasteiger partial charge in [-0.2, -0.15) is 4.98 Å². The lowest BCUT2D eigenvalue weighted by Crippen LogP contribution is -2.17. The average Bonchev–Trinajstić information content (AvgIpc) is 3.09. The maximum absolute atomic E-state index is 12.5. The van der Waals surface area contributed by atoms with Gasteiger partial charge < -0.3 is 14.8 Å². The normalized spacial score (nSPS) is 12.9. The minimum absolute atomic E-state index is 0.141. The molecule has 156 valence electrons. The molecule has 0 saturated heterocycles. The molecule has 1 N–H and O–H groups in total. The topological polar surface area (TPSA) is 90.4 Å². The van der Waals surface area contributed by atoms with Crippen LogP contribution >= 0.6 is 23.1 Å². The smallest absolute Gasteiger partial charge is 0.341 e. The molecule has 29 heavy (non-hydrogen) atoms. The molecule has 3 rings (SSSR count). The van der Waals surface area contributed by atoms with Crippen molar-refractivity contribution in [2.24, 2.45) is 0 Å². The second-order valence-electron chi connectivity index (χ2n) is 6.50. The first-order valence-corrected chi connectivity index (χ1v) is 11.6. The van der Waals surface area contributed by atoms with E-state index in [2.05, 4.69) is 15.3 Å². The fourth-order valence-corrected chi connectivity index (χ4v) is 4.96. The van der Waals surface area contributed by atoms with Crippen molar-refractivity contribution in [1.29, 1.82) is 0 Å².